The Labute approximate surface area is 200 Å². The lowest BCUT2D eigenvalue weighted by molar-refractivity contribution is -0.120. The average Bonchev–Trinajstić information content (AvgIpc) is 3.30. The molecule has 0 spiro atoms. The Bertz CT molecular complexity index is 1230. The molecular formula is C24H30N6O3S. The molecule has 0 unspecified atom stereocenters. The minimum atomic E-state index is -3.39. The molecule has 9 nitrogen and oxygen atoms in total. The number of para-hydroxylation sites is 1. The van der Waals surface area contributed by atoms with E-state index in [4.69, 9.17) is 0 Å². The van der Waals surface area contributed by atoms with E-state index in [1.807, 2.05) is 54.6 Å². The van der Waals surface area contributed by atoms with Crippen molar-refractivity contribution in [1.82, 2.24) is 24.9 Å². The molecule has 1 aromatic heterocycles. The van der Waals surface area contributed by atoms with Crippen molar-refractivity contribution in [3.63, 3.8) is 0 Å². The first-order valence-electron chi connectivity index (χ1n) is 11.4. The summed E-state index contributed by atoms with van der Waals surface area (Å²) in [6.07, 6.45) is 2.59. The summed E-state index contributed by atoms with van der Waals surface area (Å²) < 4.78 is 28.4. The van der Waals surface area contributed by atoms with Crippen molar-refractivity contribution >= 4 is 21.6 Å². The molecule has 2 aromatic carbocycles. The van der Waals surface area contributed by atoms with Gasteiger partial charge in [0.15, 0.2) is 5.82 Å². The number of hydrogen-bond acceptors (Lipinski definition) is 6. The van der Waals surface area contributed by atoms with Gasteiger partial charge in [0.05, 0.1) is 10.4 Å². The lowest BCUT2D eigenvalue weighted by Gasteiger charge is -2.30. The van der Waals surface area contributed by atoms with Gasteiger partial charge in [0, 0.05) is 23.2 Å². The van der Waals surface area contributed by atoms with Crippen molar-refractivity contribution in [2.24, 2.45) is 5.92 Å². The van der Waals surface area contributed by atoms with Gasteiger partial charge in [-0.2, -0.15) is 4.68 Å². The highest BCUT2D eigenvalue weighted by molar-refractivity contribution is 7.90. The molecule has 4 rings (SSSR count). The van der Waals surface area contributed by atoms with Crippen LogP contribution in [0.2, 0.25) is 0 Å². The molecule has 0 aliphatic heterocycles. The molecule has 0 bridgehead atoms. The Morgan fingerprint density at radius 1 is 0.971 bits per heavy atom. The van der Waals surface area contributed by atoms with Crippen LogP contribution in [0.25, 0.3) is 17.1 Å². The van der Waals surface area contributed by atoms with Gasteiger partial charge in [-0.25, -0.2) is 13.1 Å². The van der Waals surface area contributed by atoms with Crippen LogP contribution in [0, 0.1) is 5.92 Å². The third kappa shape index (κ3) is 5.34. The minimum absolute atomic E-state index is 0.0426. The summed E-state index contributed by atoms with van der Waals surface area (Å²) in [7, 11) is -3.39. The number of anilines is 1. The van der Waals surface area contributed by atoms with Crippen LogP contribution in [0.1, 0.15) is 46.5 Å². The van der Waals surface area contributed by atoms with E-state index in [0.29, 0.717) is 37.2 Å². The van der Waals surface area contributed by atoms with Gasteiger partial charge < -0.3 is 5.32 Å². The fraction of sp³-hybridized carbons (Fsp3) is 0.417. The number of carbonyl (C=O) groups is 1. The fourth-order valence-electron chi connectivity index (χ4n) is 3.93. The number of nitrogens with zero attached hydrogens (tertiary/aromatic N) is 4. The molecule has 1 heterocycles. The van der Waals surface area contributed by atoms with Crippen molar-refractivity contribution in [2.45, 2.75) is 57.2 Å². The van der Waals surface area contributed by atoms with E-state index >= 15 is 0 Å². The Balaban J connectivity index is 1.35. The van der Waals surface area contributed by atoms with E-state index in [-0.39, 0.29) is 17.9 Å². The monoisotopic (exact) mass is 482 g/mol. The van der Waals surface area contributed by atoms with Gasteiger partial charge >= 0.3 is 0 Å². The highest BCUT2D eigenvalue weighted by Gasteiger charge is 2.34. The van der Waals surface area contributed by atoms with Gasteiger partial charge in [0.25, 0.3) is 0 Å². The molecule has 1 amide bonds. The zero-order chi connectivity index (χ0) is 24.3. The SMILES string of the molecule is CC(C)(C)S(=O)(=O)N[C@H]1CC[C@H](C(=O)Nc2ccc(-c3nnnn3-c3ccccc3)cc2)CC1. The van der Waals surface area contributed by atoms with Crippen molar-refractivity contribution in [3.8, 4) is 17.1 Å². The number of amides is 1. The summed E-state index contributed by atoms with van der Waals surface area (Å²) in [6, 6.07) is 16.9. The number of rotatable bonds is 6. The van der Waals surface area contributed by atoms with Crippen LogP contribution in [0.4, 0.5) is 5.69 Å². The van der Waals surface area contributed by atoms with Crippen LogP contribution in [0.3, 0.4) is 0 Å². The number of tetrazole rings is 1. The summed E-state index contributed by atoms with van der Waals surface area (Å²) in [5.41, 5.74) is 2.39. The second-order valence-corrected chi connectivity index (χ2v) is 12.1. The topological polar surface area (TPSA) is 119 Å². The fourth-order valence-corrected chi connectivity index (χ4v) is 4.95. The Kier molecular flexibility index (Phi) is 6.81. The van der Waals surface area contributed by atoms with E-state index in [0.717, 1.165) is 11.3 Å². The van der Waals surface area contributed by atoms with E-state index in [1.165, 1.54) is 0 Å². The van der Waals surface area contributed by atoms with Gasteiger partial charge in [-0.3, -0.25) is 4.79 Å². The van der Waals surface area contributed by atoms with Crippen LogP contribution in [-0.4, -0.2) is 45.3 Å². The molecule has 0 saturated heterocycles. The summed E-state index contributed by atoms with van der Waals surface area (Å²) in [4.78, 5) is 12.8. The standard InChI is InChI=1S/C24H30N6O3S/c1-24(2,3)34(32,33)27-20-15-11-18(12-16-20)23(31)25-19-13-9-17(10-14-19)22-26-28-29-30(22)21-7-5-4-6-8-21/h4-10,13-14,18,20,27H,11-12,15-16H2,1-3H3,(H,25,31)/t18-,20-. The van der Waals surface area contributed by atoms with Gasteiger partial charge in [0.1, 0.15) is 0 Å². The van der Waals surface area contributed by atoms with Crippen LogP contribution in [0.5, 0.6) is 0 Å². The molecule has 3 aromatic rings. The molecule has 10 heteroatoms. The highest BCUT2D eigenvalue weighted by Crippen LogP contribution is 2.28. The largest absolute Gasteiger partial charge is 0.326 e. The predicted octanol–water partition coefficient (Wildman–Crippen LogP) is 3.54. The first-order chi connectivity index (χ1) is 16.1. The van der Waals surface area contributed by atoms with Crippen LogP contribution < -0.4 is 10.0 Å². The summed E-state index contributed by atoms with van der Waals surface area (Å²) >= 11 is 0. The molecule has 34 heavy (non-hydrogen) atoms. The number of benzene rings is 2. The molecule has 0 radical (unpaired) electrons. The number of nitrogens with one attached hydrogen (secondary N) is 2. The Hall–Kier alpha value is -3.11. The van der Waals surface area contributed by atoms with Crippen molar-refractivity contribution in [3.05, 3.63) is 54.6 Å². The maximum absolute atomic E-state index is 12.8. The van der Waals surface area contributed by atoms with Gasteiger partial charge in [-0.05, 0) is 93.3 Å². The number of aromatic nitrogens is 4. The first kappa shape index (κ1) is 24.0. The van der Waals surface area contributed by atoms with Gasteiger partial charge in [-0.1, -0.05) is 18.2 Å². The first-order valence-corrected chi connectivity index (χ1v) is 12.9. The molecular weight excluding hydrogens is 452 g/mol. The van der Waals surface area contributed by atoms with Crippen molar-refractivity contribution in [1.29, 1.82) is 0 Å². The summed E-state index contributed by atoms with van der Waals surface area (Å²) in [5, 5.41) is 15.0. The maximum Gasteiger partial charge on any atom is 0.227 e. The second-order valence-electron chi connectivity index (χ2n) is 9.60. The zero-order valence-corrected chi connectivity index (χ0v) is 20.4. The Morgan fingerprint density at radius 2 is 1.62 bits per heavy atom. The van der Waals surface area contributed by atoms with Gasteiger partial charge in [-0.15, -0.1) is 5.10 Å². The van der Waals surface area contributed by atoms with Crippen molar-refractivity contribution < 1.29 is 13.2 Å². The molecule has 1 fully saturated rings. The normalized spacial score (nSPS) is 19.0. The zero-order valence-electron chi connectivity index (χ0n) is 19.6. The van der Waals surface area contributed by atoms with Crippen molar-refractivity contribution in [2.75, 3.05) is 5.32 Å². The van der Waals surface area contributed by atoms with Crippen LogP contribution in [0.15, 0.2) is 54.6 Å². The molecule has 1 aliphatic rings. The average molecular weight is 483 g/mol. The molecule has 1 saturated carbocycles. The van der Waals surface area contributed by atoms with E-state index in [2.05, 4.69) is 25.6 Å². The van der Waals surface area contributed by atoms with E-state index in [9.17, 15) is 13.2 Å². The smallest absolute Gasteiger partial charge is 0.227 e. The predicted molar refractivity (Wildman–Crippen MR) is 131 cm³/mol. The second kappa shape index (κ2) is 9.63. The molecule has 0 atom stereocenters. The van der Waals surface area contributed by atoms with Gasteiger partial charge in [0.2, 0.25) is 15.9 Å². The number of hydrogen-bond donors (Lipinski definition) is 2. The maximum atomic E-state index is 12.8. The lowest BCUT2D eigenvalue weighted by Crippen LogP contribution is -2.46. The third-order valence-electron chi connectivity index (χ3n) is 6.11. The van der Waals surface area contributed by atoms with Crippen LogP contribution in [-0.2, 0) is 14.8 Å². The third-order valence-corrected chi connectivity index (χ3v) is 8.36. The minimum Gasteiger partial charge on any atom is -0.326 e. The molecule has 2 N–H and O–H groups in total. The molecule has 1 aliphatic carbocycles. The number of carbonyl (C=O) groups excluding carboxylic acids is 1. The summed E-state index contributed by atoms with van der Waals surface area (Å²) in [5.74, 6) is 0.430. The number of sulfonamides is 1. The van der Waals surface area contributed by atoms with E-state index < -0.39 is 14.8 Å². The highest BCUT2D eigenvalue weighted by atomic mass is 32.2. The Morgan fingerprint density at radius 3 is 2.24 bits per heavy atom. The van der Waals surface area contributed by atoms with Crippen LogP contribution >= 0.6 is 0 Å². The quantitative estimate of drug-likeness (QED) is 0.555. The lowest BCUT2D eigenvalue weighted by atomic mass is 9.86. The van der Waals surface area contributed by atoms with E-state index in [1.54, 1.807) is 25.5 Å². The molecule has 180 valence electrons. The summed E-state index contributed by atoms with van der Waals surface area (Å²) in [6.45, 7) is 5.05.